The van der Waals surface area contributed by atoms with Gasteiger partial charge in [-0.2, -0.15) is 0 Å². The number of nitrogens with zero attached hydrogens (tertiary/aromatic N) is 2. The molecule has 0 bridgehead atoms. The van der Waals surface area contributed by atoms with Crippen molar-refractivity contribution >= 4 is 55.9 Å². The molecule has 0 aliphatic heterocycles. The van der Waals surface area contributed by atoms with Crippen LogP contribution >= 0.6 is 11.8 Å². The zero-order chi connectivity index (χ0) is 30.4. The Morgan fingerprint density at radius 1 is 0.537 bits per heavy atom. The van der Waals surface area contributed by atoms with Crippen LogP contribution < -0.4 is 7.42 Å². The molecule has 41 heavy (non-hydrogen) atoms. The Balaban J connectivity index is 0.000000410. The quantitative estimate of drug-likeness (QED) is 0.0715. The van der Waals surface area contributed by atoms with Crippen molar-refractivity contribution < 1.29 is 4.39 Å². The summed E-state index contributed by atoms with van der Waals surface area (Å²) >= 11 is -2.98. The van der Waals surface area contributed by atoms with Gasteiger partial charge in [0.2, 0.25) is 0 Å². The summed E-state index contributed by atoms with van der Waals surface area (Å²) in [5.41, 5.74) is 0. The molecule has 2 aromatic rings. The third-order valence-electron chi connectivity index (χ3n) is 8.79. The minimum absolute atomic E-state index is 0.284. The molecule has 234 valence electrons. The van der Waals surface area contributed by atoms with Gasteiger partial charge < -0.3 is 0 Å². The number of aromatic nitrogens is 2. The second-order valence-electron chi connectivity index (χ2n) is 12.1. The maximum absolute atomic E-state index is 13.6. The number of rotatable bonds is 21. The summed E-state index contributed by atoms with van der Waals surface area (Å²) in [5.74, 6) is -0.284. The second kappa shape index (κ2) is 23.5. The molecule has 0 spiro atoms. The molecule has 0 radical (unpaired) electrons. The van der Waals surface area contributed by atoms with Crippen LogP contribution in [0.1, 0.15) is 119 Å². The summed E-state index contributed by atoms with van der Waals surface area (Å²) in [4.78, 5) is 9.41. The van der Waals surface area contributed by atoms with Crippen LogP contribution in [0.3, 0.4) is 0 Å². The van der Waals surface area contributed by atoms with E-state index in [1.165, 1.54) is 118 Å². The molecule has 0 amide bonds. The average molecular weight is 800 g/mol. The predicted octanol–water partition coefficient (Wildman–Crippen LogP) is 11.1. The predicted molar refractivity (Wildman–Crippen MR) is 189 cm³/mol. The van der Waals surface area contributed by atoms with Gasteiger partial charge in [-0.05, 0) is 0 Å². The molecule has 0 N–H and O–H groups in total. The number of halogens is 1. The first kappa shape index (κ1) is 39.2. The molecule has 0 aromatic carbocycles. The van der Waals surface area contributed by atoms with E-state index in [-0.39, 0.29) is 5.95 Å². The van der Waals surface area contributed by atoms with Crippen LogP contribution in [0.4, 0.5) is 4.39 Å². The summed E-state index contributed by atoms with van der Waals surface area (Å²) in [6.45, 7) is 13.8. The van der Waals surface area contributed by atoms with Crippen molar-refractivity contribution in [2.75, 3.05) is 6.26 Å². The topological polar surface area (TPSA) is 25.8 Å². The Bertz CT molecular complexity index is 883. The van der Waals surface area contributed by atoms with E-state index in [0.29, 0.717) is 0 Å². The minimum atomic E-state index is -2.49. The maximum atomic E-state index is 13.6. The fourth-order valence-corrected chi connectivity index (χ4v) is 37.7. The monoisotopic (exact) mass is 802 g/mol. The Kier molecular flexibility index (Phi) is 22.5. The summed E-state index contributed by atoms with van der Waals surface area (Å²) in [7, 11) is 0. The van der Waals surface area contributed by atoms with Crippen LogP contribution in [-0.2, 0) is 0 Å². The van der Waals surface area contributed by atoms with Crippen LogP contribution in [0, 0.1) is 5.95 Å². The summed E-state index contributed by atoms with van der Waals surface area (Å²) in [6, 6.07) is 12.3. The third kappa shape index (κ3) is 14.2. The van der Waals surface area contributed by atoms with Gasteiger partial charge in [-0.15, -0.1) is 0 Å². The number of hydrogen-bond acceptors (Lipinski definition) is 3. The average Bonchev–Trinajstić information content (AvgIpc) is 3.01. The Morgan fingerprint density at radius 2 is 0.878 bits per heavy atom. The van der Waals surface area contributed by atoms with E-state index in [1.807, 2.05) is 6.07 Å². The van der Waals surface area contributed by atoms with Gasteiger partial charge in [-0.25, -0.2) is 0 Å². The summed E-state index contributed by atoms with van der Waals surface area (Å²) in [6.07, 6.45) is 18.0. The Hall–Kier alpha value is 0.177. The van der Waals surface area contributed by atoms with Gasteiger partial charge in [0, 0.05) is 0 Å². The molecule has 2 nitrogen and oxygen atoms in total. The number of pyridine rings is 2. The molecular weight excluding hydrogens is 737 g/mol. The van der Waals surface area contributed by atoms with E-state index in [9.17, 15) is 4.39 Å². The van der Waals surface area contributed by atoms with Crippen molar-refractivity contribution in [2.24, 2.45) is 0 Å². The van der Waals surface area contributed by atoms with Crippen molar-refractivity contribution in [2.45, 2.75) is 150 Å². The van der Waals surface area contributed by atoms with Crippen LogP contribution in [0.15, 0.2) is 41.4 Å². The summed E-state index contributed by atoms with van der Waals surface area (Å²) < 4.78 is 24.9. The Labute approximate surface area is 267 Å². The van der Waals surface area contributed by atoms with Crippen LogP contribution in [0.5, 0.6) is 0 Å². The van der Waals surface area contributed by atoms with Gasteiger partial charge >= 0.3 is 269 Å². The van der Waals surface area contributed by atoms with Crippen LogP contribution in [0.25, 0.3) is 0 Å². The normalized spacial score (nSPS) is 11.8. The third-order valence-corrected chi connectivity index (χ3v) is 39.7. The summed E-state index contributed by atoms with van der Waals surface area (Å²) in [5, 5.41) is 1.22. The van der Waals surface area contributed by atoms with Crippen molar-refractivity contribution in [1.29, 1.82) is 0 Å². The first-order valence-electron chi connectivity index (χ1n) is 17.0. The number of unbranched alkanes of at least 4 members (excludes halogenated alkanes) is 6. The van der Waals surface area contributed by atoms with Crippen molar-refractivity contribution in [3.8, 4) is 0 Å². The molecule has 0 unspecified atom stereocenters. The first-order valence-corrected chi connectivity index (χ1v) is 33.2. The van der Waals surface area contributed by atoms with Gasteiger partial charge in [0.25, 0.3) is 0 Å². The van der Waals surface area contributed by atoms with Gasteiger partial charge in [-0.3, -0.25) is 0 Å². The molecule has 0 aliphatic rings. The molecule has 0 fully saturated rings. The van der Waals surface area contributed by atoms with E-state index in [4.69, 9.17) is 4.98 Å². The first-order chi connectivity index (χ1) is 19.9. The SMILES string of the molecule is CCC[CH2][Sn]([CH2]CCC)([CH2]CCC)[c]1cccc(F)n1.CCC[CH2][Sn]([CH2]CCC)([CH2]CCC)[c]1cccc(SC)n1. The van der Waals surface area contributed by atoms with E-state index in [0.717, 1.165) is 0 Å². The molecular formula is C35H63FN2SSn2. The number of thioether (sulfide) groups is 1. The Morgan fingerprint density at radius 3 is 1.20 bits per heavy atom. The molecule has 0 saturated carbocycles. The molecule has 2 rings (SSSR count). The van der Waals surface area contributed by atoms with Crippen LogP contribution in [-0.4, -0.2) is 53.0 Å². The van der Waals surface area contributed by atoms with E-state index >= 15 is 0 Å². The standard InChI is InChI=1S/C6H6NS.C5H3FN.6C4H9.2Sn/c1-8-6-4-2-3-5-7-6;6-5-3-1-2-4-7-5;6*1-3-4-2;;/h2-4H,1H3;1-3H;6*1,3-4H2,2H3;;. The number of hydrogen-bond donors (Lipinski definition) is 0. The van der Waals surface area contributed by atoms with E-state index in [2.05, 4.69) is 77.0 Å². The molecule has 2 aromatic heterocycles. The zero-order valence-corrected chi connectivity index (χ0v) is 34.4. The van der Waals surface area contributed by atoms with E-state index in [1.54, 1.807) is 15.5 Å². The van der Waals surface area contributed by atoms with Gasteiger partial charge in [-0.1, -0.05) is 0 Å². The van der Waals surface area contributed by atoms with Crippen molar-refractivity contribution in [3.63, 3.8) is 0 Å². The fourth-order valence-electron chi connectivity index (χ4n) is 6.14. The molecule has 2 heterocycles. The van der Waals surface area contributed by atoms with Gasteiger partial charge in [0.05, 0.1) is 0 Å². The van der Waals surface area contributed by atoms with Gasteiger partial charge in [0.15, 0.2) is 0 Å². The zero-order valence-electron chi connectivity index (χ0n) is 27.9. The second-order valence-corrected chi connectivity index (χ2v) is 39.0. The van der Waals surface area contributed by atoms with Crippen molar-refractivity contribution in [1.82, 2.24) is 9.97 Å². The fraction of sp³-hybridized carbons (Fsp3) is 0.714. The van der Waals surface area contributed by atoms with Crippen LogP contribution in [0.2, 0.25) is 26.6 Å². The molecule has 0 saturated heterocycles. The van der Waals surface area contributed by atoms with Crippen molar-refractivity contribution in [3.05, 3.63) is 42.3 Å². The molecule has 0 atom stereocenters. The van der Waals surface area contributed by atoms with E-state index < -0.39 is 36.8 Å². The molecule has 0 aliphatic carbocycles. The van der Waals surface area contributed by atoms with Gasteiger partial charge in [0.1, 0.15) is 0 Å². The molecule has 6 heteroatoms.